The van der Waals surface area contributed by atoms with E-state index < -0.39 is 11.6 Å². The molecular weight excluding hydrogens is 290 g/mol. The van der Waals surface area contributed by atoms with Crippen LogP contribution in [-0.2, 0) is 0 Å². The van der Waals surface area contributed by atoms with Crippen molar-refractivity contribution in [1.82, 2.24) is 0 Å². The Morgan fingerprint density at radius 3 is 1.74 bits per heavy atom. The maximum Gasteiger partial charge on any atom is 0.130 e. The van der Waals surface area contributed by atoms with Gasteiger partial charge in [-0.3, -0.25) is 0 Å². The topological polar surface area (TPSA) is 0 Å². The van der Waals surface area contributed by atoms with Gasteiger partial charge in [0, 0.05) is 16.7 Å². The molecule has 1 fully saturated rings. The smallest absolute Gasteiger partial charge is 0.130 e. The Bertz CT molecular complexity index is 791. The minimum atomic E-state index is -0.472. The van der Waals surface area contributed by atoms with E-state index in [-0.39, 0.29) is 11.5 Å². The molecule has 2 heteroatoms. The predicted molar refractivity (Wildman–Crippen MR) is 89.5 cm³/mol. The van der Waals surface area contributed by atoms with Crippen LogP contribution in [0.15, 0.2) is 24.3 Å². The second kappa shape index (κ2) is 5.81. The molecule has 2 aromatic carbocycles. The first-order valence-corrected chi connectivity index (χ1v) is 7.95. The number of hydrogen-bond donors (Lipinski definition) is 0. The van der Waals surface area contributed by atoms with Gasteiger partial charge in [-0.05, 0) is 80.0 Å². The van der Waals surface area contributed by atoms with E-state index in [2.05, 4.69) is 18.8 Å². The van der Waals surface area contributed by atoms with Gasteiger partial charge in [0.25, 0.3) is 0 Å². The highest BCUT2D eigenvalue weighted by atomic mass is 19.1. The largest absolute Gasteiger partial charge is 0.207 e. The Kier molecular flexibility index (Phi) is 3.98. The summed E-state index contributed by atoms with van der Waals surface area (Å²) in [7, 11) is 0. The molecule has 0 nitrogen and oxygen atoms in total. The third-order valence-electron chi connectivity index (χ3n) is 4.84. The van der Waals surface area contributed by atoms with Gasteiger partial charge in [-0.1, -0.05) is 18.8 Å². The molecule has 118 valence electrons. The minimum absolute atomic E-state index is 0.0272. The summed E-state index contributed by atoms with van der Waals surface area (Å²) in [6, 6.07) is 6.71. The van der Waals surface area contributed by atoms with E-state index in [0.29, 0.717) is 11.5 Å². The fraction of sp³-hybridized carbons (Fsp3) is 0.333. The van der Waals surface area contributed by atoms with E-state index in [1.807, 2.05) is 32.9 Å². The van der Waals surface area contributed by atoms with Crippen molar-refractivity contribution in [2.24, 2.45) is 5.92 Å². The Hall–Kier alpha value is -2.14. The second-order valence-electron chi connectivity index (χ2n) is 6.66. The van der Waals surface area contributed by atoms with Crippen LogP contribution < -0.4 is 0 Å². The van der Waals surface area contributed by atoms with Crippen LogP contribution in [0.5, 0.6) is 0 Å². The van der Waals surface area contributed by atoms with E-state index in [1.165, 1.54) is 28.8 Å². The average Bonchev–Trinajstić information content (AvgIpc) is 3.18. The zero-order valence-electron chi connectivity index (χ0n) is 13.9. The third kappa shape index (κ3) is 3.15. The van der Waals surface area contributed by atoms with Crippen molar-refractivity contribution in [2.75, 3.05) is 0 Å². The molecule has 23 heavy (non-hydrogen) atoms. The monoisotopic (exact) mass is 310 g/mol. The van der Waals surface area contributed by atoms with Crippen molar-refractivity contribution in [3.8, 4) is 11.8 Å². The first kappa shape index (κ1) is 15.7. The zero-order chi connectivity index (χ0) is 16.7. The molecule has 0 saturated heterocycles. The van der Waals surface area contributed by atoms with Crippen molar-refractivity contribution in [3.63, 3.8) is 0 Å². The summed E-state index contributed by atoms with van der Waals surface area (Å²) in [6.45, 7) is 8.17. The molecule has 2 aromatic rings. The van der Waals surface area contributed by atoms with Gasteiger partial charge in [0.15, 0.2) is 0 Å². The standard InChI is InChI=1S/C21H20F2/c1-12-7-16(8-13(2)15(12)4)5-6-17-10-19(22)21(20(23)11-17)18-9-14(18)3/h7-8,10-11,14,18H,9H2,1-4H3. The molecular formula is C21H20F2. The van der Waals surface area contributed by atoms with E-state index in [1.54, 1.807) is 0 Å². The van der Waals surface area contributed by atoms with Gasteiger partial charge in [-0.2, -0.15) is 0 Å². The molecule has 0 aromatic heterocycles. The molecule has 2 unspecified atom stereocenters. The summed E-state index contributed by atoms with van der Waals surface area (Å²) >= 11 is 0. The molecule has 0 bridgehead atoms. The first-order valence-electron chi connectivity index (χ1n) is 7.95. The van der Waals surface area contributed by atoms with Crippen molar-refractivity contribution < 1.29 is 8.78 Å². The highest BCUT2D eigenvalue weighted by Gasteiger charge is 2.38. The van der Waals surface area contributed by atoms with Crippen LogP contribution in [0.2, 0.25) is 0 Å². The molecule has 1 aliphatic rings. The SMILES string of the molecule is Cc1cc(C#Cc2cc(F)c(C3CC3C)c(F)c2)cc(C)c1C. The fourth-order valence-corrected chi connectivity index (χ4v) is 2.99. The normalized spacial score (nSPS) is 19.2. The van der Waals surface area contributed by atoms with E-state index in [4.69, 9.17) is 0 Å². The summed E-state index contributed by atoms with van der Waals surface area (Å²) < 4.78 is 28.3. The van der Waals surface area contributed by atoms with Crippen LogP contribution in [0.25, 0.3) is 0 Å². The Labute approximate surface area is 136 Å². The lowest BCUT2D eigenvalue weighted by Crippen LogP contribution is -1.96. The third-order valence-corrected chi connectivity index (χ3v) is 4.84. The maximum absolute atomic E-state index is 14.2. The molecule has 0 spiro atoms. The van der Waals surface area contributed by atoms with Gasteiger partial charge in [-0.15, -0.1) is 0 Å². The Morgan fingerprint density at radius 2 is 1.30 bits per heavy atom. The van der Waals surface area contributed by atoms with Gasteiger partial charge >= 0.3 is 0 Å². The van der Waals surface area contributed by atoms with Crippen molar-refractivity contribution in [2.45, 2.75) is 40.0 Å². The number of halogens is 2. The van der Waals surface area contributed by atoms with Gasteiger partial charge < -0.3 is 0 Å². The van der Waals surface area contributed by atoms with Crippen molar-refractivity contribution in [3.05, 3.63) is 69.3 Å². The van der Waals surface area contributed by atoms with E-state index in [0.717, 1.165) is 12.0 Å². The number of aryl methyl sites for hydroxylation is 2. The zero-order valence-corrected chi connectivity index (χ0v) is 13.9. The van der Waals surface area contributed by atoms with Gasteiger partial charge in [0.2, 0.25) is 0 Å². The lowest BCUT2D eigenvalue weighted by Gasteiger charge is -2.05. The van der Waals surface area contributed by atoms with E-state index in [9.17, 15) is 8.78 Å². The number of hydrogen-bond acceptors (Lipinski definition) is 0. The van der Waals surface area contributed by atoms with Crippen molar-refractivity contribution >= 4 is 0 Å². The van der Waals surface area contributed by atoms with Gasteiger partial charge in [0.1, 0.15) is 11.6 Å². The molecule has 0 radical (unpaired) electrons. The molecule has 1 saturated carbocycles. The fourth-order valence-electron chi connectivity index (χ4n) is 2.99. The van der Waals surface area contributed by atoms with Gasteiger partial charge in [-0.25, -0.2) is 8.78 Å². The maximum atomic E-state index is 14.2. The molecule has 0 amide bonds. The van der Waals surface area contributed by atoms with Crippen LogP contribution in [0.4, 0.5) is 8.78 Å². The molecule has 0 heterocycles. The van der Waals surface area contributed by atoms with Crippen LogP contribution in [0.3, 0.4) is 0 Å². The molecule has 1 aliphatic carbocycles. The Morgan fingerprint density at radius 1 is 0.870 bits per heavy atom. The summed E-state index contributed by atoms with van der Waals surface area (Å²) in [4.78, 5) is 0. The molecule has 0 aliphatic heterocycles. The van der Waals surface area contributed by atoms with Crippen molar-refractivity contribution in [1.29, 1.82) is 0 Å². The summed E-state index contributed by atoms with van der Waals surface area (Å²) in [6.07, 6.45) is 0.862. The van der Waals surface area contributed by atoms with Gasteiger partial charge in [0.05, 0.1) is 0 Å². The number of rotatable bonds is 1. The summed E-state index contributed by atoms with van der Waals surface area (Å²) in [5.74, 6) is 5.35. The number of benzene rings is 2. The first-order chi connectivity index (χ1) is 10.9. The lowest BCUT2D eigenvalue weighted by atomic mass is 10.0. The lowest BCUT2D eigenvalue weighted by molar-refractivity contribution is 0.552. The average molecular weight is 310 g/mol. The van der Waals surface area contributed by atoms with E-state index >= 15 is 0 Å². The molecule has 0 N–H and O–H groups in total. The second-order valence-corrected chi connectivity index (χ2v) is 6.66. The van der Waals surface area contributed by atoms with Crippen LogP contribution in [0, 0.1) is 50.2 Å². The van der Waals surface area contributed by atoms with Crippen LogP contribution in [0.1, 0.15) is 52.6 Å². The summed E-state index contributed by atoms with van der Waals surface area (Å²) in [5.41, 5.74) is 5.06. The minimum Gasteiger partial charge on any atom is -0.207 e. The predicted octanol–water partition coefficient (Wildman–Crippen LogP) is 5.41. The summed E-state index contributed by atoms with van der Waals surface area (Å²) in [5, 5.41) is 0. The highest BCUT2D eigenvalue weighted by molar-refractivity contribution is 5.48. The van der Waals surface area contributed by atoms with Crippen LogP contribution >= 0.6 is 0 Å². The molecule has 2 atom stereocenters. The van der Waals surface area contributed by atoms with Crippen LogP contribution in [-0.4, -0.2) is 0 Å². The molecule has 3 rings (SSSR count). The highest BCUT2D eigenvalue weighted by Crippen LogP contribution is 2.48. The quantitative estimate of drug-likeness (QED) is 0.618. The Balaban J connectivity index is 1.93.